The van der Waals surface area contributed by atoms with E-state index in [1.54, 1.807) is 23.8 Å². The van der Waals surface area contributed by atoms with Gasteiger partial charge in [0.05, 0.1) is 24.4 Å². The van der Waals surface area contributed by atoms with Crippen LogP contribution in [0.3, 0.4) is 0 Å². The Morgan fingerprint density at radius 2 is 1.68 bits per heavy atom. The number of carbonyl (C=O) groups is 3. The molecule has 1 aliphatic rings. The number of hydrogen-bond donors (Lipinski definition) is 0. The highest BCUT2D eigenvalue weighted by molar-refractivity contribution is 6.16. The Labute approximate surface area is 162 Å². The molecule has 0 bridgehead atoms. The largest absolute Gasteiger partial charge is 0.497 e. The normalized spacial score (nSPS) is 13.2. The highest BCUT2D eigenvalue weighted by Crippen LogP contribution is 2.45. The maximum Gasteiger partial charge on any atom is 0.263 e. The Kier molecular flexibility index (Phi) is 4.07. The van der Waals surface area contributed by atoms with Gasteiger partial charge >= 0.3 is 0 Å². The Bertz CT molecular complexity index is 1140. The molecule has 0 saturated heterocycles. The van der Waals surface area contributed by atoms with Gasteiger partial charge in [-0.3, -0.25) is 23.9 Å². The molecule has 28 heavy (non-hydrogen) atoms. The van der Waals surface area contributed by atoms with Crippen LogP contribution in [0.1, 0.15) is 42.7 Å². The molecule has 142 valence electrons. The van der Waals surface area contributed by atoms with Crippen LogP contribution in [0.15, 0.2) is 42.5 Å². The van der Waals surface area contributed by atoms with Crippen molar-refractivity contribution in [1.82, 2.24) is 9.47 Å². The van der Waals surface area contributed by atoms with Gasteiger partial charge in [0.25, 0.3) is 5.91 Å². The van der Waals surface area contributed by atoms with Gasteiger partial charge in [0.1, 0.15) is 5.75 Å². The summed E-state index contributed by atoms with van der Waals surface area (Å²) in [5.74, 6) is -0.151. The molecule has 4 rings (SSSR count). The van der Waals surface area contributed by atoms with Crippen molar-refractivity contribution in [3.8, 4) is 17.0 Å². The van der Waals surface area contributed by atoms with Gasteiger partial charge in [-0.1, -0.05) is 18.2 Å². The lowest BCUT2D eigenvalue weighted by atomic mass is 9.97. The molecule has 2 aromatic carbocycles. The fraction of sp³-hybridized carbons (Fsp3) is 0.227. The summed E-state index contributed by atoms with van der Waals surface area (Å²) in [6.07, 6.45) is 0. The first-order valence-electron chi connectivity index (χ1n) is 9.03. The van der Waals surface area contributed by atoms with Crippen LogP contribution in [0.4, 0.5) is 0 Å². The van der Waals surface area contributed by atoms with E-state index in [-0.39, 0.29) is 17.7 Å². The molecule has 1 unspecified atom stereocenters. The lowest BCUT2D eigenvalue weighted by Gasteiger charge is -2.26. The summed E-state index contributed by atoms with van der Waals surface area (Å²) in [5.41, 5.74) is 3.63. The molecular weight excluding hydrogens is 356 g/mol. The highest BCUT2D eigenvalue weighted by atomic mass is 16.5. The number of benzene rings is 2. The molecule has 6 heteroatoms. The van der Waals surface area contributed by atoms with Gasteiger partial charge in [0.2, 0.25) is 11.8 Å². The van der Waals surface area contributed by atoms with E-state index in [1.807, 2.05) is 37.3 Å². The second kappa shape index (κ2) is 6.34. The third-order valence-electron chi connectivity index (χ3n) is 5.31. The lowest BCUT2D eigenvalue weighted by Crippen LogP contribution is -2.35. The van der Waals surface area contributed by atoms with E-state index in [4.69, 9.17) is 4.74 Å². The van der Waals surface area contributed by atoms with Gasteiger partial charge < -0.3 is 4.74 Å². The summed E-state index contributed by atoms with van der Waals surface area (Å²) in [5, 5.41) is 0.789. The van der Waals surface area contributed by atoms with E-state index in [1.165, 1.54) is 18.7 Å². The molecule has 0 N–H and O–H groups in total. The molecule has 6 nitrogen and oxygen atoms in total. The first kappa shape index (κ1) is 18.0. The molecular formula is C22H20N2O4. The van der Waals surface area contributed by atoms with Crippen LogP contribution in [0.25, 0.3) is 22.2 Å². The van der Waals surface area contributed by atoms with E-state index in [0.29, 0.717) is 11.3 Å². The van der Waals surface area contributed by atoms with Gasteiger partial charge in [-0.25, -0.2) is 0 Å². The topological polar surface area (TPSA) is 68.6 Å². The SMILES string of the molecule is COc1ccc2c(c1)c(C(C)N(C(C)=O)C(C)=O)c1n2C(=O)c2ccccc2-1. The van der Waals surface area contributed by atoms with Crippen molar-refractivity contribution in [2.24, 2.45) is 0 Å². The smallest absolute Gasteiger partial charge is 0.263 e. The van der Waals surface area contributed by atoms with E-state index in [0.717, 1.165) is 27.7 Å². The lowest BCUT2D eigenvalue weighted by molar-refractivity contribution is -0.144. The maximum atomic E-state index is 13.1. The van der Waals surface area contributed by atoms with E-state index in [2.05, 4.69) is 0 Å². The quantitative estimate of drug-likeness (QED) is 0.546. The second-order valence-electron chi connectivity index (χ2n) is 6.92. The Morgan fingerprint density at radius 1 is 1.04 bits per heavy atom. The number of nitrogens with zero attached hydrogens (tertiary/aromatic N) is 2. The zero-order valence-electron chi connectivity index (χ0n) is 16.1. The highest BCUT2D eigenvalue weighted by Gasteiger charge is 2.36. The zero-order valence-corrected chi connectivity index (χ0v) is 16.1. The van der Waals surface area contributed by atoms with Gasteiger partial charge in [0, 0.05) is 35.9 Å². The first-order valence-corrected chi connectivity index (χ1v) is 9.03. The fourth-order valence-electron chi connectivity index (χ4n) is 4.21. The predicted octanol–water partition coefficient (Wildman–Crippen LogP) is 3.77. The van der Waals surface area contributed by atoms with Crippen molar-refractivity contribution in [1.29, 1.82) is 0 Å². The van der Waals surface area contributed by atoms with Crippen LogP contribution in [0.2, 0.25) is 0 Å². The van der Waals surface area contributed by atoms with Crippen molar-refractivity contribution < 1.29 is 19.1 Å². The molecule has 0 aliphatic carbocycles. The molecule has 3 aromatic rings. The number of methoxy groups -OCH3 is 1. The summed E-state index contributed by atoms with van der Waals surface area (Å²) in [6, 6.07) is 12.3. The van der Waals surface area contributed by atoms with Crippen molar-refractivity contribution >= 4 is 28.6 Å². The van der Waals surface area contributed by atoms with Crippen LogP contribution < -0.4 is 4.74 Å². The Morgan fingerprint density at radius 3 is 2.29 bits per heavy atom. The number of imide groups is 1. The molecule has 2 heterocycles. The first-order chi connectivity index (χ1) is 13.4. The minimum atomic E-state index is -0.542. The predicted molar refractivity (Wildman–Crippen MR) is 105 cm³/mol. The molecule has 1 atom stereocenters. The monoisotopic (exact) mass is 376 g/mol. The van der Waals surface area contributed by atoms with Crippen molar-refractivity contribution in [2.45, 2.75) is 26.8 Å². The van der Waals surface area contributed by atoms with Crippen LogP contribution in [0, 0.1) is 0 Å². The summed E-state index contributed by atoms with van der Waals surface area (Å²) in [7, 11) is 1.58. The van der Waals surface area contributed by atoms with Crippen molar-refractivity contribution in [2.75, 3.05) is 7.11 Å². The van der Waals surface area contributed by atoms with E-state index >= 15 is 0 Å². The maximum absolute atomic E-state index is 13.1. The van der Waals surface area contributed by atoms with Crippen LogP contribution in [-0.4, -0.2) is 34.3 Å². The molecule has 0 saturated carbocycles. The standard InChI is InChI=1S/C22H20N2O4/c1-12(23(13(2)25)14(3)26)20-18-11-15(28-4)9-10-19(18)24-21(20)16-7-5-6-8-17(16)22(24)27/h5-12H,1-4H3. The van der Waals surface area contributed by atoms with Crippen LogP contribution in [0.5, 0.6) is 5.75 Å². The number of aromatic nitrogens is 1. The molecule has 1 aliphatic heterocycles. The third kappa shape index (κ3) is 2.37. The van der Waals surface area contributed by atoms with Crippen LogP contribution >= 0.6 is 0 Å². The van der Waals surface area contributed by atoms with Crippen LogP contribution in [-0.2, 0) is 9.59 Å². The number of carbonyl (C=O) groups excluding carboxylic acids is 3. The van der Waals surface area contributed by atoms with Gasteiger partial charge in [0.15, 0.2) is 0 Å². The molecule has 2 amide bonds. The molecule has 0 radical (unpaired) electrons. The number of rotatable bonds is 3. The van der Waals surface area contributed by atoms with Crippen molar-refractivity contribution in [3.63, 3.8) is 0 Å². The molecule has 0 fully saturated rings. The summed E-state index contributed by atoms with van der Waals surface area (Å²) in [4.78, 5) is 38.7. The fourth-order valence-corrected chi connectivity index (χ4v) is 4.21. The minimum absolute atomic E-state index is 0.114. The Hall–Kier alpha value is -3.41. The zero-order chi connectivity index (χ0) is 20.2. The average molecular weight is 376 g/mol. The summed E-state index contributed by atoms with van der Waals surface area (Å²) in [6.45, 7) is 4.55. The minimum Gasteiger partial charge on any atom is -0.497 e. The number of ether oxygens (including phenoxy) is 1. The Balaban J connectivity index is 2.10. The van der Waals surface area contributed by atoms with Gasteiger partial charge in [-0.2, -0.15) is 0 Å². The van der Waals surface area contributed by atoms with Crippen molar-refractivity contribution in [3.05, 3.63) is 53.6 Å². The third-order valence-corrected chi connectivity index (χ3v) is 5.31. The average Bonchev–Trinajstić information content (AvgIpc) is 3.14. The molecule has 1 aromatic heterocycles. The van der Waals surface area contributed by atoms with E-state index < -0.39 is 6.04 Å². The summed E-state index contributed by atoms with van der Waals surface area (Å²) >= 11 is 0. The molecule has 0 spiro atoms. The second-order valence-corrected chi connectivity index (χ2v) is 6.92. The number of hydrogen-bond acceptors (Lipinski definition) is 4. The number of amides is 2. The number of fused-ring (bicyclic) bond motifs is 5. The van der Waals surface area contributed by atoms with Gasteiger partial charge in [-0.15, -0.1) is 0 Å². The summed E-state index contributed by atoms with van der Waals surface area (Å²) < 4.78 is 7.04. The van der Waals surface area contributed by atoms with E-state index in [9.17, 15) is 14.4 Å². The van der Waals surface area contributed by atoms with Gasteiger partial charge in [-0.05, 0) is 31.2 Å².